The zero-order valence-electron chi connectivity index (χ0n) is 16.7. The van der Waals surface area contributed by atoms with Crippen LogP contribution in [0.2, 0.25) is 0 Å². The highest BCUT2D eigenvalue weighted by atomic mass is 32.2. The van der Waals surface area contributed by atoms with Gasteiger partial charge in [-0.05, 0) is 55.3 Å². The number of carbonyl (C=O) groups excluding carboxylic acids is 1. The number of amides is 1. The molecule has 0 atom stereocenters. The van der Waals surface area contributed by atoms with Gasteiger partial charge < -0.3 is 5.32 Å². The summed E-state index contributed by atoms with van der Waals surface area (Å²) in [7, 11) is -3.44. The van der Waals surface area contributed by atoms with Crippen LogP contribution in [0.1, 0.15) is 27.0 Å². The van der Waals surface area contributed by atoms with E-state index in [0.29, 0.717) is 11.3 Å². The van der Waals surface area contributed by atoms with Gasteiger partial charge in [-0.1, -0.05) is 48.0 Å². The molecule has 3 aromatic carbocycles. The molecular formula is C23H24N2O3S. The van der Waals surface area contributed by atoms with E-state index in [1.165, 1.54) is 10.6 Å². The van der Waals surface area contributed by atoms with Gasteiger partial charge >= 0.3 is 0 Å². The van der Waals surface area contributed by atoms with E-state index in [9.17, 15) is 13.2 Å². The molecule has 0 fully saturated rings. The summed E-state index contributed by atoms with van der Waals surface area (Å²) in [6.07, 6.45) is 1.19. The summed E-state index contributed by atoms with van der Waals surface area (Å²) in [6, 6.07) is 21.8. The first-order chi connectivity index (χ1) is 13.7. The summed E-state index contributed by atoms with van der Waals surface area (Å²) in [5.74, 6) is -0.202. The Morgan fingerprint density at radius 1 is 0.931 bits per heavy atom. The van der Waals surface area contributed by atoms with Crippen molar-refractivity contribution in [2.45, 2.75) is 20.4 Å². The van der Waals surface area contributed by atoms with Crippen molar-refractivity contribution < 1.29 is 13.2 Å². The number of nitrogens with zero attached hydrogens (tertiary/aromatic N) is 1. The van der Waals surface area contributed by atoms with Crippen LogP contribution in [-0.4, -0.2) is 20.6 Å². The van der Waals surface area contributed by atoms with Crippen molar-refractivity contribution in [3.8, 4) is 0 Å². The normalized spacial score (nSPS) is 11.1. The maximum atomic E-state index is 12.5. The molecule has 6 heteroatoms. The van der Waals surface area contributed by atoms with Crippen LogP contribution >= 0.6 is 0 Å². The summed E-state index contributed by atoms with van der Waals surface area (Å²) in [6.45, 7) is 4.16. The third-order valence-electron chi connectivity index (χ3n) is 4.62. The molecule has 0 aliphatic rings. The number of anilines is 2. The number of hydrogen-bond donors (Lipinski definition) is 1. The van der Waals surface area contributed by atoms with Crippen molar-refractivity contribution in [1.29, 1.82) is 0 Å². The van der Waals surface area contributed by atoms with Gasteiger partial charge in [-0.2, -0.15) is 0 Å². The fourth-order valence-corrected chi connectivity index (χ4v) is 3.96. The van der Waals surface area contributed by atoms with Crippen molar-refractivity contribution in [3.63, 3.8) is 0 Å². The van der Waals surface area contributed by atoms with E-state index in [1.54, 1.807) is 48.5 Å². The van der Waals surface area contributed by atoms with Crippen LogP contribution in [0.25, 0.3) is 0 Å². The van der Waals surface area contributed by atoms with Gasteiger partial charge in [0.2, 0.25) is 10.0 Å². The Morgan fingerprint density at radius 2 is 1.59 bits per heavy atom. The minimum atomic E-state index is -3.44. The molecule has 0 saturated heterocycles. The molecule has 3 aromatic rings. The van der Waals surface area contributed by atoms with Crippen molar-refractivity contribution >= 4 is 27.3 Å². The summed E-state index contributed by atoms with van der Waals surface area (Å²) in [5.41, 5.74) is 4.82. The van der Waals surface area contributed by atoms with Crippen molar-refractivity contribution in [1.82, 2.24) is 0 Å². The van der Waals surface area contributed by atoms with E-state index < -0.39 is 10.0 Å². The Hall–Kier alpha value is -3.12. The van der Waals surface area contributed by atoms with E-state index in [2.05, 4.69) is 5.32 Å². The minimum absolute atomic E-state index is 0.196. The third kappa shape index (κ3) is 5.23. The highest BCUT2D eigenvalue weighted by Gasteiger charge is 2.18. The lowest BCUT2D eigenvalue weighted by Gasteiger charge is -2.22. The van der Waals surface area contributed by atoms with Crippen molar-refractivity contribution in [2.75, 3.05) is 15.9 Å². The zero-order valence-corrected chi connectivity index (χ0v) is 17.5. The highest BCUT2D eigenvalue weighted by molar-refractivity contribution is 7.92. The molecule has 29 heavy (non-hydrogen) atoms. The summed E-state index contributed by atoms with van der Waals surface area (Å²) < 4.78 is 25.8. The molecule has 3 rings (SSSR count). The number of carbonyl (C=O) groups is 1. The average Bonchev–Trinajstić information content (AvgIpc) is 2.68. The van der Waals surface area contributed by atoms with Crippen molar-refractivity contribution in [3.05, 3.63) is 95.1 Å². The first-order valence-corrected chi connectivity index (χ1v) is 11.1. The number of nitrogens with one attached hydrogen (secondary N) is 1. The molecule has 1 amide bonds. The average molecular weight is 409 g/mol. The number of hydrogen-bond acceptors (Lipinski definition) is 3. The van der Waals surface area contributed by atoms with Gasteiger partial charge in [0, 0.05) is 11.3 Å². The summed E-state index contributed by atoms with van der Waals surface area (Å²) in [4.78, 5) is 12.5. The number of aryl methyl sites for hydroxylation is 2. The second-order valence-electron chi connectivity index (χ2n) is 7.07. The van der Waals surface area contributed by atoms with E-state index in [1.807, 2.05) is 38.1 Å². The van der Waals surface area contributed by atoms with Gasteiger partial charge in [0.05, 0.1) is 18.5 Å². The SMILES string of the molecule is Cc1ccc(NC(=O)c2ccc(CN(c3ccccc3)S(C)(=O)=O)cc2)c(C)c1. The van der Waals surface area contributed by atoms with E-state index in [0.717, 1.165) is 22.4 Å². The van der Waals surface area contributed by atoms with Gasteiger partial charge in [0.15, 0.2) is 0 Å². The number of sulfonamides is 1. The Labute approximate surface area is 172 Å². The molecule has 0 saturated carbocycles. The lowest BCUT2D eigenvalue weighted by molar-refractivity contribution is 0.102. The quantitative estimate of drug-likeness (QED) is 0.652. The Bertz CT molecular complexity index is 1110. The van der Waals surface area contributed by atoms with Gasteiger partial charge in [0.25, 0.3) is 5.91 Å². The maximum Gasteiger partial charge on any atom is 0.255 e. The van der Waals surface area contributed by atoms with Crippen LogP contribution in [0.4, 0.5) is 11.4 Å². The monoisotopic (exact) mass is 408 g/mol. The second-order valence-corrected chi connectivity index (χ2v) is 8.98. The summed E-state index contributed by atoms with van der Waals surface area (Å²) >= 11 is 0. The molecule has 5 nitrogen and oxygen atoms in total. The van der Waals surface area contributed by atoms with Crippen LogP contribution < -0.4 is 9.62 Å². The Morgan fingerprint density at radius 3 is 2.17 bits per heavy atom. The minimum Gasteiger partial charge on any atom is -0.322 e. The summed E-state index contributed by atoms with van der Waals surface area (Å²) in [5, 5.41) is 2.92. The molecule has 0 heterocycles. The molecule has 150 valence electrons. The number of para-hydroxylation sites is 1. The fourth-order valence-electron chi connectivity index (χ4n) is 3.07. The first-order valence-electron chi connectivity index (χ1n) is 9.24. The van der Waals surface area contributed by atoms with Crippen LogP contribution in [0.3, 0.4) is 0 Å². The standard InChI is InChI=1S/C23H24N2O3S/c1-17-9-14-22(18(2)15-17)24-23(26)20-12-10-19(11-13-20)16-25(29(3,27)28)21-7-5-4-6-8-21/h4-15H,16H2,1-3H3,(H,24,26). The predicted molar refractivity (Wildman–Crippen MR) is 118 cm³/mol. The first kappa shape index (κ1) is 20.6. The second kappa shape index (κ2) is 8.49. The van der Waals surface area contributed by atoms with Crippen LogP contribution in [0, 0.1) is 13.8 Å². The van der Waals surface area contributed by atoms with Crippen LogP contribution in [0.5, 0.6) is 0 Å². The lowest BCUT2D eigenvalue weighted by atomic mass is 10.1. The topological polar surface area (TPSA) is 66.5 Å². The van der Waals surface area contributed by atoms with Gasteiger partial charge in [-0.15, -0.1) is 0 Å². The highest BCUT2D eigenvalue weighted by Crippen LogP contribution is 2.21. The molecule has 0 aliphatic carbocycles. The molecular weight excluding hydrogens is 384 g/mol. The van der Waals surface area contributed by atoms with Crippen molar-refractivity contribution in [2.24, 2.45) is 0 Å². The fraction of sp³-hybridized carbons (Fsp3) is 0.174. The maximum absolute atomic E-state index is 12.5. The smallest absolute Gasteiger partial charge is 0.255 e. The molecule has 0 aliphatic heterocycles. The van der Waals surface area contributed by atoms with Gasteiger partial charge in [-0.3, -0.25) is 9.10 Å². The molecule has 0 aromatic heterocycles. The molecule has 0 bridgehead atoms. The molecule has 1 N–H and O–H groups in total. The molecule has 0 unspecified atom stereocenters. The van der Waals surface area contributed by atoms with Gasteiger partial charge in [-0.25, -0.2) is 8.42 Å². The van der Waals surface area contributed by atoms with E-state index in [4.69, 9.17) is 0 Å². The number of rotatable bonds is 6. The lowest BCUT2D eigenvalue weighted by Crippen LogP contribution is -2.29. The zero-order chi connectivity index (χ0) is 21.0. The predicted octanol–water partition coefficient (Wildman–Crippen LogP) is 4.52. The molecule has 0 spiro atoms. The van der Waals surface area contributed by atoms with E-state index in [-0.39, 0.29) is 12.5 Å². The number of benzene rings is 3. The van der Waals surface area contributed by atoms with Crippen LogP contribution in [-0.2, 0) is 16.6 Å². The Balaban J connectivity index is 1.76. The largest absolute Gasteiger partial charge is 0.322 e. The van der Waals surface area contributed by atoms with Gasteiger partial charge in [0.1, 0.15) is 0 Å². The van der Waals surface area contributed by atoms with Crippen LogP contribution in [0.15, 0.2) is 72.8 Å². The molecule has 0 radical (unpaired) electrons. The Kier molecular flexibility index (Phi) is 6.03. The third-order valence-corrected chi connectivity index (χ3v) is 5.76. The van der Waals surface area contributed by atoms with E-state index >= 15 is 0 Å².